The maximum absolute atomic E-state index is 4.19. The van der Waals surface area contributed by atoms with Crippen molar-refractivity contribution >= 4 is 51.4 Å². The van der Waals surface area contributed by atoms with E-state index in [1.165, 1.54) is 0 Å². The first-order chi connectivity index (χ1) is 5.97. The van der Waals surface area contributed by atoms with Crippen molar-refractivity contribution in [3.05, 3.63) is 48.8 Å². The summed E-state index contributed by atoms with van der Waals surface area (Å²) < 4.78 is 0. The Kier molecular flexibility index (Phi) is 4.76. The zero-order valence-corrected chi connectivity index (χ0v) is 10.6. The Bertz CT molecular complexity index is 310. The molecule has 0 aliphatic carbocycles. The molecule has 1 radical (unpaired) electrons. The molecule has 0 amide bonds. The number of rotatable bonds is 1. The Morgan fingerprint density at radius 3 is 1.46 bits per heavy atom. The van der Waals surface area contributed by atoms with E-state index in [9.17, 15) is 0 Å². The topological polar surface area (TPSA) is 25.8 Å². The second kappa shape index (κ2) is 5.62. The van der Waals surface area contributed by atoms with Crippen molar-refractivity contribution in [2.45, 2.75) is 0 Å². The third-order valence-electron chi connectivity index (χ3n) is 1.59. The van der Waals surface area contributed by atoms with Gasteiger partial charge in [0.25, 0.3) is 0 Å². The van der Waals surface area contributed by atoms with Gasteiger partial charge in [-0.25, -0.2) is 0 Å². The van der Waals surface area contributed by atoms with Crippen LogP contribution in [-0.4, -0.2) is 61.4 Å². The molecular weight excluding hydrogens is 187 g/mol. The molecule has 2 aromatic rings. The van der Waals surface area contributed by atoms with E-state index in [2.05, 4.69) is 9.97 Å². The molecule has 3 heteroatoms. The summed E-state index contributed by atoms with van der Waals surface area (Å²) in [6.07, 6.45) is 3.54. The molecule has 0 saturated heterocycles. The van der Waals surface area contributed by atoms with Crippen LogP contribution in [0.2, 0.25) is 0 Å². The van der Waals surface area contributed by atoms with Gasteiger partial charge in [-0.3, -0.25) is 9.97 Å². The molecule has 2 heterocycles. The molecule has 0 N–H and O–H groups in total. The number of hydrogen-bond donors (Lipinski definition) is 0. The van der Waals surface area contributed by atoms with Crippen molar-refractivity contribution in [1.29, 1.82) is 0 Å². The SMILES string of the molecule is [K].c1ccc(-c2ccccn2)nc1. The van der Waals surface area contributed by atoms with Crippen LogP contribution in [0.4, 0.5) is 0 Å². The molecule has 0 unspecified atom stereocenters. The van der Waals surface area contributed by atoms with E-state index in [4.69, 9.17) is 0 Å². The van der Waals surface area contributed by atoms with E-state index < -0.39 is 0 Å². The van der Waals surface area contributed by atoms with Gasteiger partial charge in [0.1, 0.15) is 0 Å². The fourth-order valence-corrected chi connectivity index (χ4v) is 1.03. The smallest absolute Gasteiger partial charge is 0.0886 e. The van der Waals surface area contributed by atoms with Crippen LogP contribution in [0.25, 0.3) is 11.4 Å². The van der Waals surface area contributed by atoms with Crippen molar-refractivity contribution in [3.63, 3.8) is 0 Å². The largest absolute Gasteiger partial charge is 0.255 e. The molecule has 0 aliphatic rings. The second-order valence-corrected chi connectivity index (χ2v) is 2.43. The Morgan fingerprint density at radius 2 is 1.15 bits per heavy atom. The van der Waals surface area contributed by atoms with Gasteiger partial charge in [0.15, 0.2) is 0 Å². The standard InChI is InChI=1S/C10H8N2.K/c1-3-7-11-9(5-1)10-6-2-4-8-12-10;/h1-8H;. The maximum atomic E-state index is 4.19. The maximum Gasteiger partial charge on any atom is 0.0886 e. The van der Waals surface area contributed by atoms with Crippen LogP contribution in [0.1, 0.15) is 0 Å². The van der Waals surface area contributed by atoms with Gasteiger partial charge in [0.2, 0.25) is 0 Å². The average molecular weight is 195 g/mol. The summed E-state index contributed by atoms with van der Waals surface area (Å²) in [6.45, 7) is 0. The summed E-state index contributed by atoms with van der Waals surface area (Å²) in [5, 5.41) is 0. The van der Waals surface area contributed by atoms with E-state index in [-0.39, 0.29) is 51.4 Å². The molecule has 2 rings (SSSR count). The van der Waals surface area contributed by atoms with Crippen molar-refractivity contribution < 1.29 is 0 Å². The summed E-state index contributed by atoms with van der Waals surface area (Å²) in [5.74, 6) is 0. The number of hydrogen-bond acceptors (Lipinski definition) is 2. The summed E-state index contributed by atoms with van der Waals surface area (Å²) in [7, 11) is 0. The molecular formula is C10H8KN2. The molecule has 0 atom stereocenters. The van der Waals surface area contributed by atoms with Crippen molar-refractivity contribution in [2.75, 3.05) is 0 Å². The van der Waals surface area contributed by atoms with Crippen LogP contribution < -0.4 is 0 Å². The van der Waals surface area contributed by atoms with Crippen molar-refractivity contribution in [3.8, 4) is 11.4 Å². The third-order valence-corrected chi connectivity index (χ3v) is 1.59. The van der Waals surface area contributed by atoms with Gasteiger partial charge >= 0.3 is 0 Å². The monoisotopic (exact) mass is 195 g/mol. The summed E-state index contributed by atoms with van der Waals surface area (Å²) in [4.78, 5) is 8.37. The first-order valence-corrected chi connectivity index (χ1v) is 3.79. The average Bonchev–Trinajstić information content (AvgIpc) is 2.21. The van der Waals surface area contributed by atoms with Crippen LogP contribution >= 0.6 is 0 Å². The van der Waals surface area contributed by atoms with E-state index in [0.29, 0.717) is 0 Å². The molecule has 0 aromatic carbocycles. The van der Waals surface area contributed by atoms with Gasteiger partial charge in [-0.2, -0.15) is 0 Å². The molecule has 0 aliphatic heterocycles. The molecule has 13 heavy (non-hydrogen) atoms. The summed E-state index contributed by atoms with van der Waals surface area (Å²) in [5.41, 5.74) is 1.83. The Balaban J connectivity index is 0.000000845. The molecule has 0 fully saturated rings. The van der Waals surface area contributed by atoms with Gasteiger partial charge in [0, 0.05) is 63.8 Å². The van der Waals surface area contributed by atoms with Crippen LogP contribution in [0, 0.1) is 0 Å². The van der Waals surface area contributed by atoms with E-state index in [1.54, 1.807) is 12.4 Å². The fraction of sp³-hybridized carbons (Fsp3) is 0. The van der Waals surface area contributed by atoms with Gasteiger partial charge in [-0.1, -0.05) is 12.1 Å². The fourth-order valence-electron chi connectivity index (χ4n) is 1.03. The van der Waals surface area contributed by atoms with Crippen LogP contribution in [0.15, 0.2) is 48.8 Å². The van der Waals surface area contributed by atoms with Crippen LogP contribution in [0.3, 0.4) is 0 Å². The minimum Gasteiger partial charge on any atom is -0.255 e. The first kappa shape index (κ1) is 11.0. The Hall–Kier alpha value is -0.0636. The quantitative estimate of drug-likeness (QED) is 0.648. The molecule has 2 aromatic heterocycles. The number of aromatic nitrogens is 2. The second-order valence-electron chi connectivity index (χ2n) is 2.43. The van der Waals surface area contributed by atoms with E-state index >= 15 is 0 Å². The molecule has 0 bridgehead atoms. The third kappa shape index (κ3) is 2.97. The van der Waals surface area contributed by atoms with Crippen LogP contribution in [-0.2, 0) is 0 Å². The number of pyridine rings is 2. The minimum absolute atomic E-state index is 0. The van der Waals surface area contributed by atoms with Crippen LogP contribution in [0.5, 0.6) is 0 Å². The normalized spacial score (nSPS) is 8.92. The van der Waals surface area contributed by atoms with E-state index in [1.807, 2.05) is 36.4 Å². The first-order valence-electron chi connectivity index (χ1n) is 3.79. The van der Waals surface area contributed by atoms with Gasteiger partial charge in [-0.15, -0.1) is 0 Å². The molecule has 0 saturated carbocycles. The molecule has 0 spiro atoms. The minimum atomic E-state index is 0. The Morgan fingerprint density at radius 1 is 0.692 bits per heavy atom. The van der Waals surface area contributed by atoms with E-state index in [0.717, 1.165) is 11.4 Å². The molecule has 2 nitrogen and oxygen atoms in total. The zero-order valence-electron chi connectivity index (χ0n) is 7.51. The summed E-state index contributed by atoms with van der Waals surface area (Å²) in [6, 6.07) is 11.6. The Labute approximate surface area is 120 Å². The summed E-state index contributed by atoms with van der Waals surface area (Å²) >= 11 is 0. The van der Waals surface area contributed by atoms with Gasteiger partial charge < -0.3 is 0 Å². The van der Waals surface area contributed by atoms with Gasteiger partial charge in [-0.05, 0) is 24.3 Å². The van der Waals surface area contributed by atoms with Crippen molar-refractivity contribution in [1.82, 2.24) is 9.97 Å². The number of nitrogens with zero attached hydrogens (tertiary/aromatic N) is 2. The van der Waals surface area contributed by atoms with Crippen molar-refractivity contribution in [2.24, 2.45) is 0 Å². The zero-order chi connectivity index (χ0) is 8.23. The predicted octanol–water partition coefficient (Wildman–Crippen LogP) is 1.76. The molecule has 59 valence electrons. The van der Waals surface area contributed by atoms with Gasteiger partial charge in [0.05, 0.1) is 11.4 Å². The predicted molar refractivity (Wildman–Crippen MR) is 53.2 cm³/mol.